The molecule has 0 N–H and O–H groups in total. The summed E-state index contributed by atoms with van der Waals surface area (Å²) in [5.41, 5.74) is 0.660. The number of benzene rings is 2. The van der Waals surface area contributed by atoms with Gasteiger partial charge in [0.2, 0.25) is 0 Å². The maximum absolute atomic E-state index is 11.2. The van der Waals surface area contributed by atoms with Crippen LogP contribution in [0.5, 0.6) is 17.2 Å². The predicted octanol–water partition coefficient (Wildman–Crippen LogP) is 5.22. The Morgan fingerprint density at radius 1 is 1.00 bits per heavy atom. The van der Waals surface area contributed by atoms with Crippen LogP contribution in [-0.2, 0) is 0 Å². The molecule has 104 valence electrons. The van der Waals surface area contributed by atoms with E-state index in [1.54, 1.807) is 31.4 Å². The number of hydrogen-bond acceptors (Lipinski definition) is 3. The first kappa shape index (κ1) is 15.1. The predicted molar refractivity (Wildman–Crippen MR) is 84.9 cm³/mol. The lowest BCUT2D eigenvalue weighted by molar-refractivity contribution is 0.101. The molecule has 5 heteroatoms. The Morgan fingerprint density at radius 2 is 1.55 bits per heavy atom. The standard InChI is InChI=1S/C15H12Br2O3/c1-9(18)10-3-5-11(6-4-10)20-15-8-12(16)14(19-2)7-13(15)17/h3-8H,1-2H3. The van der Waals surface area contributed by atoms with Crippen molar-refractivity contribution in [1.82, 2.24) is 0 Å². The van der Waals surface area contributed by atoms with E-state index < -0.39 is 0 Å². The maximum Gasteiger partial charge on any atom is 0.159 e. The van der Waals surface area contributed by atoms with Gasteiger partial charge in [0.15, 0.2) is 5.78 Å². The van der Waals surface area contributed by atoms with Crippen molar-refractivity contribution < 1.29 is 14.3 Å². The van der Waals surface area contributed by atoms with Crippen LogP contribution in [0.3, 0.4) is 0 Å². The number of ketones is 1. The van der Waals surface area contributed by atoms with Crippen molar-refractivity contribution in [2.24, 2.45) is 0 Å². The van der Waals surface area contributed by atoms with Gasteiger partial charge in [0, 0.05) is 5.56 Å². The van der Waals surface area contributed by atoms with Crippen LogP contribution in [0.25, 0.3) is 0 Å². The molecule has 0 bridgehead atoms. The Kier molecular flexibility index (Phi) is 4.83. The third-order valence-corrected chi connectivity index (χ3v) is 3.93. The Hall–Kier alpha value is -1.33. The minimum absolute atomic E-state index is 0.0323. The Labute approximate surface area is 134 Å². The monoisotopic (exact) mass is 398 g/mol. The molecule has 0 aliphatic carbocycles. The molecule has 20 heavy (non-hydrogen) atoms. The molecule has 0 spiro atoms. The number of methoxy groups -OCH3 is 1. The van der Waals surface area contributed by atoms with Gasteiger partial charge >= 0.3 is 0 Å². The molecular formula is C15H12Br2O3. The number of ether oxygens (including phenoxy) is 2. The van der Waals surface area contributed by atoms with E-state index in [1.165, 1.54) is 6.92 Å². The molecule has 0 aliphatic heterocycles. The van der Waals surface area contributed by atoms with Gasteiger partial charge in [-0.1, -0.05) is 0 Å². The highest BCUT2D eigenvalue weighted by Crippen LogP contribution is 2.38. The average Bonchev–Trinajstić information content (AvgIpc) is 2.43. The third-order valence-electron chi connectivity index (χ3n) is 2.69. The summed E-state index contributed by atoms with van der Waals surface area (Å²) >= 11 is 6.85. The highest BCUT2D eigenvalue weighted by atomic mass is 79.9. The van der Waals surface area contributed by atoms with Gasteiger partial charge in [-0.15, -0.1) is 0 Å². The van der Waals surface area contributed by atoms with E-state index in [1.807, 2.05) is 12.1 Å². The van der Waals surface area contributed by atoms with Gasteiger partial charge in [-0.2, -0.15) is 0 Å². The average molecular weight is 400 g/mol. The first-order valence-corrected chi connectivity index (χ1v) is 7.41. The first-order valence-electron chi connectivity index (χ1n) is 5.83. The number of rotatable bonds is 4. The summed E-state index contributed by atoms with van der Waals surface area (Å²) in [4.78, 5) is 11.2. The van der Waals surface area contributed by atoms with Crippen LogP contribution in [0.4, 0.5) is 0 Å². The van der Waals surface area contributed by atoms with Crippen LogP contribution in [-0.4, -0.2) is 12.9 Å². The molecule has 2 rings (SSSR count). The molecule has 0 aromatic heterocycles. The molecule has 0 amide bonds. The number of hydrogen-bond donors (Lipinski definition) is 0. The minimum atomic E-state index is 0.0323. The second-order valence-corrected chi connectivity index (χ2v) is 5.81. The third kappa shape index (κ3) is 3.41. The number of Topliss-reactive ketones (excluding diaryl/α,β-unsaturated/α-hetero) is 1. The molecule has 0 aliphatic rings. The lowest BCUT2D eigenvalue weighted by atomic mass is 10.1. The van der Waals surface area contributed by atoms with Gasteiger partial charge in [-0.3, -0.25) is 4.79 Å². The van der Waals surface area contributed by atoms with E-state index in [9.17, 15) is 4.79 Å². The van der Waals surface area contributed by atoms with E-state index in [2.05, 4.69) is 31.9 Å². The van der Waals surface area contributed by atoms with Crippen molar-refractivity contribution in [3.63, 3.8) is 0 Å². The lowest BCUT2D eigenvalue weighted by Gasteiger charge is -2.11. The Balaban J connectivity index is 2.25. The summed E-state index contributed by atoms with van der Waals surface area (Å²) in [5, 5.41) is 0. The molecule has 0 atom stereocenters. The zero-order valence-electron chi connectivity index (χ0n) is 10.9. The largest absolute Gasteiger partial charge is 0.496 e. The van der Waals surface area contributed by atoms with E-state index in [-0.39, 0.29) is 5.78 Å². The summed E-state index contributed by atoms with van der Waals surface area (Å²) in [5.74, 6) is 2.07. The van der Waals surface area contributed by atoms with Gasteiger partial charge in [0.25, 0.3) is 0 Å². The van der Waals surface area contributed by atoms with Crippen molar-refractivity contribution in [1.29, 1.82) is 0 Å². The summed E-state index contributed by atoms with van der Waals surface area (Å²) in [6, 6.07) is 10.7. The summed E-state index contributed by atoms with van der Waals surface area (Å²) in [7, 11) is 1.60. The van der Waals surface area contributed by atoms with Crippen LogP contribution < -0.4 is 9.47 Å². The fourth-order valence-corrected chi connectivity index (χ4v) is 2.52. The summed E-state index contributed by atoms with van der Waals surface area (Å²) in [6.07, 6.45) is 0. The summed E-state index contributed by atoms with van der Waals surface area (Å²) in [6.45, 7) is 1.53. The number of halogens is 2. The highest BCUT2D eigenvalue weighted by Gasteiger charge is 2.09. The number of carbonyl (C=O) groups excluding carboxylic acids is 1. The molecule has 3 nitrogen and oxygen atoms in total. The molecule has 0 saturated heterocycles. The summed E-state index contributed by atoms with van der Waals surface area (Å²) < 4.78 is 12.6. The van der Waals surface area contributed by atoms with E-state index in [4.69, 9.17) is 9.47 Å². The van der Waals surface area contributed by atoms with Gasteiger partial charge < -0.3 is 9.47 Å². The van der Waals surface area contributed by atoms with Crippen LogP contribution in [0.15, 0.2) is 45.3 Å². The van der Waals surface area contributed by atoms with E-state index in [0.717, 1.165) is 14.7 Å². The number of carbonyl (C=O) groups is 1. The normalized spacial score (nSPS) is 10.2. The van der Waals surface area contributed by atoms with Gasteiger partial charge in [-0.25, -0.2) is 0 Å². The molecule has 0 heterocycles. The van der Waals surface area contributed by atoms with Crippen LogP contribution >= 0.6 is 31.9 Å². The quantitative estimate of drug-likeness (QED) is 0.661. The van der Waals surface area contributed by atoms with Gasteiger partial charge in [0.05, 0.1) is 16.1 Å². The molecule has 0 radical (unpaired) electrons. The fraction of sp³-hybridized carbons (Fsp3) is 0.133. The lowest BCUT2D eigenvalue weighted by Crippen LogP contribution is -1.92. The second kappa shape index (κ2) is 6.41. The molecule has 2 aromatic rings. The first-order chi connectivity index (χ1) is 9.51. The molecule has 0 saturated carbocycles. The van der Waals surface area contributed by atoms with Crippen molar-refractivity contribution in [3.05, 3.63) is 50.9 Å². The zero-order valence-corrected chi connectivity index (χ0v) is 14.1. The Bertz CT molecular complexity index is 636. The molecular weight excluding hydrogens is 388 g/mol. The fourth-order valence-electron chi connectivity index (χ4n) is 1.63. The Morgan fingerprint density at radius 3 is 2.10 bits per heavy atom. The van der Waals surface area contributed by atoms with Crippen molar-refractivity contribution in [2.75, 3.05) is 7.11 Å². The van der Waals surface area contributed by atoms with Crippen molar-refractivity contribution in [2.45, 2.75) is 6.92 Å². The smallest absolute Gasteiger partial charge is 0.159 e. The van der Waals surface area contributed by atoms with Crippen LogP contribution in [0, 0.1) is 0 Å². The van der Waals surface area contributed by atoms with E-state index >= 15 is 0 Å². The zero-order chi connectivity index (χ0) is 14.7. The van der Waals surface area contributed by atoms with Crippen molar-refractivity contribution in [3.8, 4) is 17.2 Å². The van der Waals surface area contributed by atoms with Gasteiger partial charge in [0.1, 0.15) is 17.2 Å². The van der Waals surface area contributed by atoms with Gasteiger partial charge in [-0.05, 0) is 75.2 Å². The maximum atomic E-state index is 11.2. The van der Waals surface area contributed by atoms with E-state index in [0.29, 0.717) is 17.1 Å². The molecule has 0 unspecified atom stereocenters. The SMILES string of the molecule is COc1cc(Br)c(Oc2ccc(C(C)=O)cc2)cc1Br. The molecule has 0 fully saturated rings. The van der Waals surface area contributed by atoms with Crippen LogP contribution in [0.2, 0.25) is 0 Å². The molecule has 2 aromatic carbocycles. The highest BCUT2D eigenvalue weighted by molar-refractivity contribution is 9.11. The topological polar surface area (TPSA) is 35.5 Å². The minimum Gasteiger partial charge on any atom is -0.496 e. The van der Waals surface area contributed by atoms with Crippen molar-refractivity contribution >= 4 is 37.6 Å². The second-order valence-electron chi connectivity index (χ2n) is 4.10. The van der Waals surface area contributed by atoms with Crippen LogP contribution in [0.1, 0.15) is 17.3 Å².